The number of carbonyl (C=O) groups is 1. The molecule has 0 aliphatic carbocycles. The SMILES string of the molecule is O=C(c1ccc(OCC2CCCO2)cc1)N1CCN(CCc2ccccc2)CC1. The van der Waals surface area contributed by atoms with Crippen LogP contribution in [0.4, 0.5) is 0 Å². The summed E-state index contributed by atoms with van der Waals surface area (Å²) in [4.78, 5) is 17.2. The highest BCUT2D eigenvalue weighted by Gasteiger charge is 2.22. The quantitative estimate of drug-likeness (QED) is 0.723. The number of hydrogen-bond acceptors (Lipinski definition) is 4. The zero-order valence-electron chi connectivity index (χ0n) is 17.0. The molecule has 0 aromatic heterocycles. The van der Waals surface area contributed by atoms with Crippen LogP contribution in [0.5, 0.6) is 5.75 Å². The molecule has 1 atom stereocenters. The summed E-state index contributed by atoms with van der Waals surface area (Å²) < 4.78 is 11.4. The Morgan fingerprint density at radius 1 is 1.00 bits per heavy atom. The molecule has 4 rings (SSSR count). The highest BCUT2D eigenvalue weighted by atomic mass is 16.5. The highest BCUT2D eigenvalue weighted by Crippen LogP contribution is 2.18. The minimum Gasteiger partial charge on any atom is -0.491 e. The molecule has 154 valence electrons. The first-order chi connectivity index (χ1) is 14.3. The van der Waals surface area contributed by atoms with Gasteiger partial charge in [0.15, 0.2) is 0 Å². The van der Waals surface area contributed by atoms with Crippen LogP contribution < -0.4 is 4.74 Å². The van der Waals surface area contributed by atoms with Gasteiger partial charge in [-0.1, -0.05) is 30.3 Å². The van der Waals surface area contributed by atoms with E-state index in [-0.39, 0.29) is 12.0 Å². The third-order valence-corrected chi connectivity index (χ3v) is 5.78. The van der Waals surface area contributed by atoms with Crippen LogP contribution in [0.1, 0.15) is 28.8 Å². The zero-order valence-corrected chi connectivity index (χ0v) is 17.0. The molecule has 5 heteroatoms. The Bertz CT molecular complexity index is 764. The van der Waals surface area contributed by atoms with Crippen LogP contribution in [0.25, 0.3) is 0 Å². The largest absolute Gasteiger partial charge is 0.491 e. The van der Waals surface area contributed by atoms with Gasteiger partial charge in [-0.15, -0.1) is 0 Å². The maximum Gasteiger partial charge on any atom is 0.253 e. The van der Waals surface area contributed by atoms with Gasteiger partial charge in [0.05, 0.1) is 6.10 Å². The molecule has 29 heavy (non-hydrogen) atoms. The minimum atomic E-state index is 0.110. The smallest absolute Gasteiger partial charge is 0.253 e. The van der Waals surface area contributed by atoms with Gasteiger partial charge in [0, 0.05) is 44.9 Å². The Labute approximate surface area is 173 Å². The van der Waals surface area contributed by atoms with Crippen molar-refractivity contribution >= 4 is 5.91 Å². The maximum atomic E-state index is 12.8. The van der Waals surface area contributed by atoms with E-state index < -0.39 is 0 Å². The van der Waals surface area contributed by atoms with Crippen molar-refractivity contribution in [2.75, 3.05) is 45.9 Å². The zero-order chi connectivity index (χ0) is 19.9. The molecule has 0 spiro atoms. The van der Waals surface area contributed by atoms with Crippen molar-refractivity contribution in [3.05, 3.63) is 65.7 Å². The number of ether oxygens (including phenoxy) is 2. The molecule has 1 unspecified atom stereocenters. The van der Waals surface area contributed by atoms with Crippen molar-refractivity contribution in [2.45, 2.75) is 25.4 Å². The van der Waals surface area contributed by atoms with E-state index in [9.17, 15) is 4.79 Å². The van der Waals surface area contributed by atoms with E-state index >= 15 is 0 Å². The van der Waals surface area contributed by atoms with Gasteiger partial charge in [-0.3, -0.25) is 9.69 Å². The fraction of sp³-hybridized carbons (Fsp3) is 0.458. The normalized spacial score (nSPS) is 20.0. The lowest BCUT2D eigenvalue weighted by molar-refractivity contribution is 0.0636. The molecule has 2 heterocycles. The van der Waals surface area contributed by atoms with Crippen molar-refractivity contribution in [3.63, 3.8) is 0 Å². The number of rotatable bonds is 7. The predicted octanol–water partition coefficient (Wildman–Crippen LogP) is 3.24. The summed E-state index contributed by atoms with van der Waals surface area (Å²) >= 11 is 0. The van der Waals surface area contributed by atoms with E-state index in [0.717, 1.165) is 69.9 Å². The Morgan fingerprint density at radius 3 is 2.45 bits per heavy atom. The van der Waals surface area contributed by atoms with E-state index in [1.807, 2.05) is 29.2 Å². The molecule has 2 fully saturated rings. The molecule has 0 radical (unpaired) electrons. The first kappa shape index (κ1) is 19.9. The summed E-state index contributed by atoms with van der Waals surface area (Å²) in [6.45, 7) is 5.89. The van der Waals surface area contributed by atoms with E-state index in [0.29, 0.717) is 6.61 Å². The molecular formula is C24H30N2O3. The second-order valence-electron chi connectivity index (χ2n) is 7.84. The molecular weight excluding hydrogens is 364 g/mol. The molecule has 2 aliphatic rings. The van der Waals surface area contributed by atoms with E-state index in [4.69, 9.17) is 9.47 Å². The summed E-state index contributed by atoms with van der Waals surface area (Å²) in [5.41, 5.74) is 2.10. The molecule has 1 amide bonds. The lowest BCUT2D eigenvalue weighted by atomic mass is 10.1. The first-order valence-corrected chi connectivity index (χ1v) is 10.7. The lowest BCUT2D eigenvalue weighted by Crippen LogP contribution is -2.49. The minimum absolute atomic E-state index is 0.110. The van der Waals surface area contributed by atoms with Crippen molar-refractivity contribution in [2.24, 2.45) is 0 Å². The molecule has 0 bridgehead atoms. The standard InChI is InChI=1S/C24H30N2O3/c27-24(21-8-10-22(11-9-21)29-19-23-7-4-18-28-23)26-16-14-25(15-17-26)13-12-20-5-2-1-3-6-20/h1-3,5-6,8-11,23H,4,7,12-19H2. The molecule has 0 N–H and O–H groups in total. The van der Waals surface area contributed by atoms with Gasteiger partial charge >= 0.3 is 0 Å². The van der Waals surface area contributed by atoms with Gasteiger partial charge in [0.2, 0.25) is 0 Å². The number of hydrogen-bond donors (Lipinski definition) is 0. The topological polar surface area (TPSA) is 42.0 Å². The third-order valence-electron chi connectivity index (χ3n) is 5.78. The van der Waals surface area contributed by atoms with Gasteiger partial charge in [0.1, 0.15) is 12.4 Å². The van der Waals surface area contributed by atoms with Gasteiger partial charge in [-0.2, -0.15) is 0 Å². The van der Waals surface area contributed by atoms with Crippen LogP contribution >= 0.6 is 0 Å². The lowest BCUT2D eigenvalue weighted by Gasteiger charge is -2.34. The van der Waals surface area contributed by atoms with Gasteiger partial charge < -0.3 is 14.4 Å². The first-order valence-electron chi connectivity index (χ1n) is 10.7. The van der Waals surface area contributed by atoms with Crippen LogP contribution in [-0.4, -0.2) is 67.7 Å². The molecule has 2 saturated heterocycles. The summed E-state index contributed by atoms with van der Waals surface area (Å²) in [5, 5.41) is 0. The summed E-state index contributed by atoms with van der Waals surface area (Å²) in [6, 6.07) is 18.1. The number of benzene rings is 2. The van der Waals surface area contributed by atoms with Gasteiger partial charge in [0.25, 0.3) is 5.91 Å². The fourth-order valence-electron chi connectivity index (χ4n) is 3.95. The number of amides is 1. The molecule has 2 aromatic carbocycles. The molecule has 2 aliphatic heterocycles. The van der Waals surface area contributed by atoms with E-state index in [1.54, 1.807) is 0 Å². The average molecular weight is 395 g/mol. The Kier molecular flexibility index (Phi) is 6.80. The van der Waals surface area contributed by atoms with E-state index in [2.05, 4.69) is 35.2 Å². The van der Waals surface area contributed by atoms with Crippen LogP contribution in [0, 0.1) is 0 Å². The van der Waals surface area contributed by atoms with Gasteiger partial charge in [-0.25, -0.2) is 0 Å². The third kappa shape index (κ3) is 5.58. The predicted molar refractivity (Wildman–Crippen MR) is 113 cm³/mol. The molecule has 5 nitrogen and oxygen atoms in total. The molecule has 2 aromatic rings. The summed E-state index contributed by atoms with van der Waals surface area (Å²) in [5.74, 6) is 0.904. The summed E-state index contributed by atoms with van der Waals surface area (Å²) in [6.07, 6.45) is 3.44. The van der Waals surface area contributed by atoms with Crippen LogP contribution in [-0.2, 0) is 11.2 Å². The summed E-state index contributed by atoms with van der Waals surface area (Å²) in [7, 11) is 0. The number of nitrogens with zero attached hydrogens (tertiary/aromatic N) is 2. The highest BCUT2D eigenvalue weighted by molar-refractivity contribution is 5.94. The van der Waals surface area contributed by atoms with E-state index in [1.165, 1.54) is 5.56 Å². The van der Waals surface area contributed by atoms with Crippen LogP contribution in [0.3, 0.4) is 0 Å². The monoisotopic (exact) mass is 394 g/mol. The van der Waals surface area contributed by atoms with Crippen molar-refractivity contribution in [1.82, 2.24) is 9.80 Å². The molecule has 0 saturated carbocycles. The van der Waals surface area contributed by atoms with Crippen LogP contribution in [0.15, 0.2) is 54.6 Å². The Balaban J connectivity index is 1.21. The van der Waals surface area contributed by atoms with Gasteiger partial charge in [-0.05, 0) is 49.1 Å². The Hall–Kier alpha value is -2.37. The van der Waals surface area contributed by atoms with Crippen molar-refractivity contribution < 1.29 is 14.3 Å². The maximum absolute atomic E-state index is 12.8. The number of carbonyl (C=O) groups excluding carboxylic acids is 1. The average Bonchev–Trinajstić information content (AvgIpc) is 3.31. The fourth-order valence-corrected chi connectivity index (χ4v) is 3.95. The van der Waals surface area contributed by atoms with Crippen molar-refractivity contribution in [3.8, 4) is 5.75 Å². The van der Waals surface area contributed by atoms with Crippen LogP contribution in [0.2, 0.25) is 0 Å². The number of piperazine rings is 1. The second kappa shape index (κ2) is 9.90. The van der Waals surface area contributed by atoms with Crippen molar-refractivity contribution in [1.29, 1.82) is 0 Å². The Morgan fingerprint density at radius 2 is 1.76 bits per heavy atom. The second-order valence-corrected chi connectivity index (χ2v) is 7.84.